The van der Waals surface area contributed by atoms with Gasteiger partial charge in [-0.15, -0.1) is 0 Å². The monoisotopic (exact) mass is 292 g/mol. The molecule has 16 heavy (non-hydrogen) atoms. The molecule has 1 rings (SSSR count). The summed E-state index contributed by atoms with van der Waals surface area (Å²) < 4.78 is 4.21. The average molecular weight is 293 g/mol. The second-order valence-electron chi connectivity index (χ2n) is 3.57. The molecule has 7 heteroatoms. The summed E-state index contributed by atoms with van der Waals surface area (Å²) in [5, 5.41) is 7.06. The highest BCUT2D eigenvalue weighted by Gasteiger charge is 2.18. The van der Waals surface area contributed by atoms with E-state index in [4.69, 9.17) is 5.53 Å². The van der Waals surface area contributed by atoms with Gasteiger partial charge in [-0.3, -0.25) is 4.79 Å². The Bertz CT molecular complexity index is 250. The molecule has 0 spiro atoms. The number of carbonyl (C=O) groups excluding carboxylic acids is 1. The van der Waals surface area contributed by atoms with Crippen LogP contribution in [0.2, 0.25) is 0 Å². The molecule has 1 aliphatic rings. The molecule has 1 aliphatic heterocycles. The number of azide groups is 1. The Kier molecular flexibility index (Phi) is 8.99. The van der Waals surface area contributed by atoms with Crippen LogP contribution in [0.1, 0.15) is 13.3 Å². The van der Waals surface area contributed by atoms with Crippen LogP contribution in [0.15, 0.2) is 5.11 Å². The zero-order valence-electron chi connectivity index (χ0n) is 9.52. The van der Waals surface area contributed by atoms with Gasteiger partial charge in [0.25, 0.3) is 0 Å². The second-order valence-corrected chi connectivity index (χ2v) is 4.13. The van der Waals surface area contributed by atoms with Crippen LogP contribution in [0.25, 0.3) is 10.4 Å². The molecule has 0 amide bonds. The van der Waals surface area contributed by atoms with Crippen molar-refractivity contribution in [1.82, 2.24) is 5.32 Å². The number of esters is 1. The van der Waals surface area contributed by atoms with Gasteiger partial charge < -0.3 is 10.1 Å². The topological polar surface area (TPSA) is 87.1 Å². The summed E-state index contributed by atoms with van der Waals surface area (Å²) in [5.74, 6) is 0.494. The average Bonchev–Trinajstić information content (AvgIpc) is 2.72. The van der Waals surface area contributed by atoms with Gasteiger partial charge in [-0.25, -0.2) is 0 Å². The summed E-state index contributed by atoms with van der Waals surface area (Å²) in [6.07, 6.45) is 1.14. The van der Waals surface area contributed by atoms with Crippen molar-refractivity contribution < 1.29 is 9.53 Å². The van der Waals surface area contributed by atoms with E-state index in [0.29, 0.717) is 12.6 Å². The summed E-state index contributed by atoms with van der Waals surface area (Å²) in [6.45, 7) is 3.86. The summed E-state index contributed by atoms with van der Waals surface area (Å²) in [4.78, 5) is 12.6. The summed E-state index contributed by atoms with van der Waals surface area (Å²) in [6, 6.07) is 0.422. The van der Waals surface area contributed by atoms with Crippen molar-refractivity contribution in [3.8, 4) is 0 Å². The van der Waals surface area contributed by atoms with Crippen LogP contribution in [-0.4, -0.2) is 37.5 Å². The van der Waals surface area contributed by atoms with Gasteiger partial charge in [0.15, 0.2) is 0 Å². The van der Waals surface area contributed by atoms with E-state index in [0.717, 1.165) is 18.9 Å². The van der Waals surface area contributed by atoms with Crippen LogP contribution < -0.4 is 5.32 Å². The number of hydrogen-bond donors (Lipinski definition) is 1. The van der Waals surface area contributed by atoms with Crippen LogP contribution in [0.3, 0.4) is 0 Å². The van der Waals surface area contributed by atoms with Crippen molar-refractivity contribution in [2.24, 2.45) is 11.0 Å². The first-order valence-electron chi connectivity index (χ1n) is 5.01. The second kappa shape index (κ2) is 9.45. The minimum Gasteiger partial charge on any atom is -0.468 e. The number of rotatable bonds is 3. The minimum atomic E-state index is -0.241. The number of ether oxygens (including phenoxy) is 1. The minimum absolute atomic E-state index is 0.241. The predicted octanol–water partition coefficient (Wildman–Crippen LogP) is 1.85. The molecule has 92 valence electrons. The fourth-order valence-corrected chi connectivity index (χ4v) is 1.58. The first kappa shape index (κ1) is 15.2. The molecule has 1 heterocycles. The van der Waals surface area contributed by atoms with Crippen LogP contribution in [0, 0.1) is 5.92 Å². The van der Waals surface area contributed by atoms with E-state index in [1.807, 2.05) is 0 Å². The lowest BCUT2D eigenvalue weighted by Crippen LogP contribution is -2.23. The van der Waals surface area contributed by atoms with Gasteiger partial charge in [-0.2, -0.15) is 0 Å². The summed E-state index contributed by atoms with van der Waals surface area (Å²) in [7, 11) is 1.35. The molecule has 1 fully saturated rings. The number of methoxy groups -OCH3 is 1. The third-order valence-electron chi connectivity index (χ3n) is 2.14. The fraction of sp³-hybridized carbons (Fsp3) is 0.889. The molecule has 0 aromatic heterocycles. The van der Waals surface area contributed by atoms with Crippen LogP contribution in [-0.2, 0) is 9.53 Å². The molecular formula is C9H17BrN4O2. The Hall–Kier alpha value is -0.780. The highest BCUT2D eigenvalue weighted by atomic mass is 79.9. The van der Waals surface area contributed by atoms with E-state index in [-0.39, 0.29) is 11.3 Å². The van der Waals surface area contributed by atoms with Gasteiger partial charge in [0.05, 0.1) is 7.11 Å². The first-order valence-corrected chi connectivity index (χ1v) is 6.13. The van der Waals surface area contributed by atoms with Crippen LogP contribution >= 0.6 is 15.9 Å². The normalized spacial score (nSPS) is 22.7. The standard InChI is InChI=1S/C6H12N4.C3H5BrO2/c1-5-2-6(8-3-5)4-9-10-7;1-6-3(5)2-4/h5-6,8H,2-4H2,1H3;2H2,1H3/t5-,6+;/m0./s1. The molecule has 0 unspecified atom stereocenters. The Morgan fingerprint density at radius 3 is 2.75 bits per heavy atom. The molecule has 6 nitrogen and oxygen atoms in total. The molecule has 1 saturated heterocycles. The highest BCUT2D eigenvalue weighted by Crippen LogP contribution is 2.12. The van der Waals surface area contributed by atoms with E-state index in [1.165, 1.54) is 7.11 Å². The van der Waals surface area contributed by atoms with Gasteiger partial charge in [-0.05, 0) is 24.4 Å². The highest BCUT2D eigenvalue weighted by molar-refractivity contribution is 9.09. The van der Waals surface area contributed by atoms with E-state index in [2.05, 4.69) is 42.9 Å². The number of hydrogen-bond acceptors (Lipinski definition) is 4. The maximum absolute atomic E-state index is 9.91. The van der Waals surface area contributed by atoms with Crippen LogP contribution in [0.4, 0.5) is 0 Å². The number of nitrogens with zero attached hydrogens (tertiary/aromatic N) is 3. The third kappa shape index (κ3) is 7.50. The fourth-order valence-electron chi connectivity index (χ4n) is 1.35. The Morgan fingerprint density at radius 1 is 1.75 bits per heavy atom. The lowest BCUT2D eigenvalue weighted by Gasteiger charge is -2.02. The quantitative estimate of drug-likeness (QED) is 0.283. The van der Waals surface area contributed by atoms with Gasteiger partial charge in [0.1, 0.15) is 5.33 Å². The molecule has 1 N–H and O–H groups in total. The molecule has 0 aliphatic carbocycles. The van der Waals surface area contributed by atoms with Crippen molar-refractivity contribution >= 4 is 21.9 Å². The van der Waals surface area contributed by atoms with E-state index >= 15 is 0 Å². The molecule has 0 aromatic carbocycles. The van der Waals surface area contributed by atoms with E-state index in [1.54, 1.807) is 0 Å². The molecule has 0 bridgehead atoms. The van der Waals surface area contributed by atoms with Gasteiger partial charge in [0.2, 0.25) is 0 Å². The third-order valence-corrected chi connectivity index (χ3v) is 2.60. The molecule has 0 radical (unpaired) electrons. The Labute approximate surface area is 103 Å². The lowest BCUT2D eigenvalue weighted by atomic mass is 10.1. The molecular weight excluding hydrogens is 276 g/mol. The van der Waals surface area contributed by atoms with E-state index in [9.17, 15) is 4.79 Å². The van der Waals surface area contributed by atoms with Crippen molar-refractivity contribution in [2.45, 2.75) is 19.4 Å². The van der Waals surface area contributed by atoms with Gasteiger partial charge in [0, 0.05) is 17.5 Å². The number of alkyl halides is 1. The van der Waals surface area contributed by atoms with Crippen molar-refractivity contribution in [1.29, 1.82) is 0 Å². The smallest absolute Gasteiger partial charge is 0.316 e. The Morgan fingerprint density at radius 2 is 2.44 bits per heavy atom. The Balaban J connectivity index is 0.000000325. The SMILES string of the molecule is COC(=O)CBr.C[C@@H]1CN[C@@H](CN=[N+]=[N-])C1. The maximum atomic E-state index is 9.91. The number of nitrogens with one attached hydrogen (secondary N) is 1. The van der Waals surface area contributed by atoms with Crippen molar-refractivity contribution in [3.63, 3.8) is 0 Å². The number of carbonyl (C=O) groups is 1. The van der Waals surface area contributed by atoms with Crippen molar-refractivity contribution in [3.05, 3.63) is 10.4 Å². The van der Waals surface area contributed by atoms with E-state index < -0.39 is 0 Å². The summed E-state index contributed by atoms with van der Waals surface area (Å²) >= 11 is 2.90. The van der Waals surface area contributed by atoms with Gasteiger partial charge in [-0.1, -0.05) is 28.0 Å². The van der Waals surface area contributed by atoms with Crippen LogP contribution in [0.5, 0.6) is 0 Å². The zero-order valence-corrected chi connectivity index (χ0v) is 11.1. The number of halogens is 1. The van der Waals surface area contributed by atoms with Crippen molar-refractivity contribution in [2.75, 3.05) is 25.5 Å². The first-order chi connectivity index (χ1) is 7.63. The predicted molar refractivity (Wildman–Crippen MR) is 65.4 cm³/mol. The summed E-state index contributed by atoms with van der Waals surface area (Å²) in [5.41, 5.74) is 8.02. The molecule has 0 saturated carbocycles. The maximum Gasteiger partial charge on any atom is 0.316 e. The molecule has 2 atom stereocenters. The molecule has 0 aromatic rings. The lowest BCUT2D eigenvalue weighted by molar-refractivity contribution is -0.137. The zero-order chi connectivity index (χ0) is 12.4. The largest absolute Gasteiger partial charge is 0.468 e. The van der Waals surface area contributed by atoms with Gasteiger partial charge >= 0.3 is 5.97 Å².